The summed E-state index contributed by atoms with van der Waals surface area (Å²) in [7, 11) is 0. The van der Waals surface area contributed by atoms with E-state index >= 15 is 0 Å². The molecule has 0 aliphatic heterocycles. The Kier molecular flexibility index (Phi) is 3.69. The standard InChI is InChI=1S/C15H14N4S/c16-13-4-7-15(17-10-13)20-11-12-2-5-14(6-3-12)19-9-1-8-18-19/h1-10H,11,16H2. The number of nitrogens with zero attached hydrogens (tertiary/aromatic N) is 3. The number of thioether (sulfide) groups is 1. The van der Waals surface area contributed by atoms with Gasteiger partial charge in [-0.2, -0.15) is 5.10 Å². The van der Waals surface area contributed by atoms with Crippen molar-refractivity contribution in [1.29, 1.82) is 0 Å². The number of rotatable bonds is 4. The lowest BCUT2D eigenvalue weighted by Crippen LogP contribution is -1.94. The van der Waals surface area contributed by atoms with Crippen LogP contribution in [0.4, 0.5) is 5.69 Å². The number of pyridine rings is 1. The first-order chi connectivity index (χ1) is 9.81. The molecule has 0 spiro atoms. The number of hydrogen-bond donors (Lipinski definition) is 1. The summed E-state index contributed by atoms with van der Waals surface area (Å²) >= 11 is 1.70. The van der Waals surface area contributed by atoms with Crippen molar-refractivity contribution < 1.29 is 0 Å². The minimum Gasteiger partial charge on any atom is -0.397 e. The highest BCUT2D eigenvalue weighted by atomic mass is 32.2. The van der Waals surface area contributed by atoms with Gasteiger partial charge in [0.1, 0.15) is 0 Å². The lowest BCUT2D eigenvalue weighted by atomic mass is 10.2. The van der Waals surface area contributed by atoms with E-state index < -0.39 is 0 Å². The van der Waals surface area contributed by atoms with Crippen molar-refractivity contribution in [3.63, 3.8) is 0 Å². The zero-order valence-corrected chi connectivity index (χ0v) is 11.6. The molecule has 2 aromatic heterocycles. The molecule has 0 unspecified atom stereocenters. The van der Waals surface area contributed by atoms with Crippen LogP contribution in [0.1, 0.15) is 5.56 Å². The van der Waals surface area contributed by atoms with Gasteiger partial charge in [0.2, 0.25) is 0 Å². The lowest BCUT2D eigenvalue weighted by Gasteiger charge is -2.04. The first-order valence-corrected chi connectivity index (χ1v) is 7.23. The molecular weight excluding hydrogens is 268 g/mol. The van der Waals surface area contributed by atoms with E-state index in [1.165, 1.54) is 5.56 Å². The van der Waals surface area contributed by atoms with Crippen molar-refractivity contribution in [3.8, 4) is 5.69 Å². The fraction of sp³-hybridized carbons (Fsp3) is 0.0667. The van der Waals surface area contributed by atoms with E-state index in [1.807, 2.05) is 29.1 Å². The van der Waals surface area contributed by atoms with Crippen molar-refractivity contribution in [2.24, 2.45) is 0 Å². The van der Waals surface area contributed by atoms with Gasteiger partial charge in [-0.05, 0) is 35.9 Å². The van der Waals surface area contributed by atoms with Crippen LogP contribution in [0.2, 0.25) is 0 Å². The van der Waals surface area contributed by atoms with E-state index in [0.29, 0.717) is 5.69 Å². The van der Waals surface area contributed by atoms with Crippen LogP contribution >= 0.6 is 11.8 Å². The van der Waals surface area contributed by atoms with Crippen LogP contribution in [-0.2, 0) is 5.75 Å². The second kappa shape index (κ2) is 5.79. The molecule has 0 aliphatic carbocycles. The molecule has 2 N–H and O–H groups in total. The van der Waals surface area contributed by atoms with Gasteiger partial charge >= 0.3 is 0 Å². The number of aromatic nitrogens is 3. The van der Waals surface area contributed by atoms with E-state index in [2.05, 4.69) is 34.3 Å². The molecule has 20 heavy (non-hydrogen) atoms. The summed E-state index contributed by atoms with van der Waals surface area (Å²) in [6.07, 6.45) is 5.39. The molecule has 0 atom stereocenters. The van der Waals surface area contributed by atoms with Gasteiger partial charge in [0, 0.05) is 18.1 Å². The molecule has 5 heteroatoms. The number of nitrogens with two attached hydrogens (primary N) is 1. The smallest absolute Gasteiger partial charge is 0.0964 e. The number of hydrogen-bond acceptors (Lipinski definition) is 4. The van der Waals surface area contributed by atoms with Gasteiger partial charge in [-0.3, -0.25) is 0 Å². The molecule has 4 nitrogen and oxygen atoms in total. The first-order valence-electron chi connectivity index (χ1n) is 6.24. The fourth-order valence-corrected chi connectivity index (χ4v) is 2.60. The van der Waals surface area contributed by atoms with Gasteiger partial charge < -0.3 is 5.73 Å². The third-order valence-corrected chi connectivity index (χ3v) is 3.87. The van der Waals surface area contributed by atoms with Crippen LogP contribution in [0.5, 0.6) is 0 Å². The van der Waals surface area contributed by atoms with Crippen LogP contribution in [-0.4, -0.2) is 14.8 Å². The minimum atomic E-state index is 0.693. The largest absolute Gasteiger partial charge is 0.397 e. The molecule has 0 fully saturated rings. The molecule has 0 saturated heterocycles. The lowest BCUT2D eigenvalue weighted by molar-refractivity contribution is 0.880. The van der Waals surface area contributed by atoms with E-state index in [1.54, 1.807) is 24.2 Å². The molecule has 100 valence electrons. The summed E-state index contributed by atoms with van der Waals surface area (Å²) in [6.45, 7) is 0. The van der Waals surface area contributed by atoms with E-state index in [-0.39, 0.29) is 0 Å². The maximum atomic E-state index is 5.62. The second-order valence-corrected chi connectivity index (χ2v) is 5.33. The van der Waals surface area contributed by atoms with Gasteiger partial charge in [-0.15, -0.1) is 11.8 Å². The Morgan fingerprint density at radius 3 is 2.60 bits per heavy atom. The van der Waals surface area contributed by atoms with Gasteiger partial charge in [0.25, 0.3) is 0 Å². The third kappa shape index (κ3) is 3.00. The van der Waals surface area contributed by atoms with Crippen molar-refractivity contribution in [1.82, 2.24) is 14.8 Å². The zero-order valence-electron chi connectivity index (χ0n) is 10.8. The average molecular weight is 282 g/mol. The summed E-state index contributed by atoms with van der Waals surface area (Å²) in [5.41, 5.74) is 8.63. The molecule has 2 heterocycles. The van der Waals surface area contributed by atoms with Crippen molar-refractivity contribution in [3.05, 3.63) is 66.6 Å². The molecule has 0 aliphatic rings. The maximum absolute atomic E-state index is 5.62. The highest BCUT2D eigenvalue weighted by Gasteiger charge is 2.00. The van der Waals surface area contributed by atoms with Crippen LogP contribution in [0.3, 0.4) is 0 Å². The summed E-state index contributed by atoms with van der Waals surface area (Å²) in [4.78, 5) is 4.28. The molecule has 0 amide bonds. The normalized spacial score (nSPS) is 10.6. The Bertz CT molecular complexity index is 660. The summed E-state index contributed by atoms with van der Waals surface area (Å²) in [6, 6.07) is 14.1. The van der Waals surface area contributed by atoms with E-state index in [0.717, 1.165) is 16.5 Å². The second-order valence-electron chi connectivity index (χ2n) is 4.34. The molecular formula is C15H14N4S. The SMILES string of the molecule is Nc1ccc(SCc2ccc(-n3cccn3)cc2)nc1. The van der Waals surface area contributed by atoms with E-state index in [4.69, 9.17) is 5.73 Å². The summed E-state index contributed by atoms with van der Waals surface area (Å²) in [5.74, 6) is 0.885. The van der Waals surface area contributed by atoms with Crippen molar-refractivity contribution in [2.45, 2.75) is 10.8 Å². The highest BCUT2D eigenvalue weighted by Crippen LogP contribution is 2.21. The van der Waals surface area contributed by atoms with Gasteiger partial charge in [-0.1, -0.05) is 12.1 Å². The Morgan fingerprint density at radius 2 is 1.95 bits per heavy atom. The molecule has 1 aromatic carbocycles. The fourth-order valence-electron chi connectivity index (χ4n) is 1.80. The Hall–Kier alpha value is -2.27. The molecule has 0 bridgehead atoms. The topological polar surface area (TPSA) is 56.7 Å². The first kappa shape index (κ1) is 12.7. The number of anilines is 1. The van der Waals surface area contributed by atoms with E-state index in [9.17, 15) is 0 Å². The maximum Gasteiger partial charge on any atom is 0.0964 e. The van der Waals surface area contributed by atoms with Gasteiger partial charge in [0.05, 0.1) is 22.6 Å². The monoisotopic (exact) mass is 282 g/mol. The molecule has 0 saturated carbocycles. The molecule has 3 rings (SSSR count). The Labute approximate surface area is 121 Å². The van der Waals surface area contributed by atoms with Crippen LogP contribution in [0.15, 0.2) is 66.1 Å². The predicted molar refractivity (Wildman–Crippen MR) is 81.8 cm³/mol. The summed E-state index contributed by atoms with van der Waals surface area (Å²) in [5, 5.41) is 5.19. The van der Waals surface area contributed by atoms with Gasteiger partial charge in [0.15, 0.2) is 0 Å². The number of benzene rings is 1. The Morgan fingerprint density at radius 1 is 1.10 bits per heavy atom. The van der Waals surface area contributed by atoms with Crippen LogP contribution < -0.4 is 5.73 Å². The average Bonchev–Trinajstić information content (AvgIpc) is 3.01. The molecule has 0 radical (unpaired) electrons. The Balaban J connectivity index is 1.65. The number of nitrogen functional groups attached to an aromatic ring is 1. The zero-order chi connectivity index (χ0) is 13.8. The molecule has 3 aromatic rings. The highest BCUT2D eigenvalue weighted by molar-refractivity contribution is 7.98. The van der Waals surface area contributed by atoms with Crippen LogP contribution in [0, 0.1) is 0 Å². The predicted octanol–water partition coefficient (Wildman–Crippen LogP) is 3.14. The minimum absolute atomic E-state index is 0.693. The van der Waals surface area contributed by atoms with Gasteiger partial charge in [-0.25, -0.2) is 9.67 Å². The van der Waals surface area contributed by atoms with Crippen molar-refractivity contribution >= 4 is 17.4 Å². The van der Waals surface area contributed by atoms with Crippen molar-refractivity contribution in [2.75, 3.05) is 5.73 Å². The third-order valence-electron chi connectivity index (χ3n) is 2.85. The van der Waals surface area contributed by atoms with Crippen LogP contribution in [0.25, 0.3) is 5.69 Å². The summed E-state index contributed by atoms with van der Waals surface area (Å²) < 4.78 is 1.85. The quantitative estimate of drug-likeness (QED) is 0.747.